The molecule has 1 nitrogen and oxygen atoms in total. The van der Waals surface area contributed by atoms with Gasteiger partial charge in [0, 0.05) is 12.2 Å². The van der Waals surface area contributed by atoms with E-state index in [4.69, 9.17) is 0 Å². The highest BCUT2D eigenvalue weighted by Gasteiger charge is 2.10. The Balaban J connectivity index is 2.75. The summed E-state index contributed by atoms with van der Waals surface area (Å²) in [5.74, 6) is 0.584. The minimum Gasteiger partial charge on any atom is -0.345 e. The highest BCUT2D eigenvalue weighted by molar-refractivity contribution is 5.84. The third-order valence-electron chi connectivity index (χ3n) is 2.95. The van der Waals surface area contributed by atoms with Crippen LogP contribution in [0.2, 0.25) is 0 Å². The highest BCUT2D eigenvalue weighted by atomic mass is 15.0. The second kappa shape index (κ2) is 3.73. The minimum absolute atomic E-state index is 0.530. The summed E-state index contributed by atoms with van der Waals surface area (Å²) in [7, 11) is 0. The molecule has 0 spiro atoms. The van der Waals surface area contributed by atoms with Gasteiger partial charge in [0.05, 0.1) is 5.52 Å². The smallest absolute Gasteiger partial charge is 0.0517 e. The van der Waals surface area contributed by atoms with Gasteiger partial charge in [-0.2, -0.15) is 0 Å². The van der Waals surface area contributed by atoms with Crippen molar-refractivity contribution in [3.63, 3.8) is 0 Å². The fourth-order valence-corrected chi connectivity index (χ4v) is 2.14. The Morgan fingerprint density at radius 1 is 1.00 bits per heavy atom. The van der Waals surface area contributed by atoms with Crippen LogP contribution in [0.3, 0.4) is 0 Å². The molecule has 1 heterocycles. The minimum atomic E-state index is 0.530. The second-order valence-electron chi connectivity index (χ2n) is 4.76. The lowest BCUT2D eigenvalue weighted by Crippen LogP contribution is -2.01. The van der Waals surface area contributed by atoms with Gasteiger partial charge < -0.3 is 4.57 Å². The molecule has 0 radical (unpaired) electrons. The van der Waals surface area contributed by atoms with Crippen LogP contribution in [0.25, 0.3) is 10.9 Å². The number of aromatic nitrogens is 1. The van der Waals surface area contributed by atoms with Gasteiger partial charge in [0.2, 0.25) is 0 Å². The van der Waals surface area contributed by atoms with Crippen molar-refractivity contribution in [2.45, 2.75) is 39.7 Å². The highest BCUT2D eigenvalue weighted by Crippen LogP contribution is 2.28. The molecule has 0 saturated carbocycles. The summed E-state index contributed by atoms with van der Waals surface area (Å²) in [6.07, 6.45) is 2.20. The van der Waals surface area contributed by atoms with E-state index >= 15 is 0 Å². The second-order valence-corrected chi connectivity index (χ2v) is 4.76. The first-order valence-electron chi connectivity index (χ1n) is 5.70. The van der Waals surface area contributed by atoms with Crippen LogP contribution in [0.5, 0.6) is 0 Å². The van der Waals surface area contributed by atoms with Gasteiger partial charge in [-0.25, -0.2) is 0 Å². The van der Waals surface area contributed by atoms with Gasteiger partial charge in [-0.3, -0.25) is 0 Å². The number of rotatable bonds is 2. The molecule has 0 aliphatic carbocycles. The van der Waals surface area contributed by atoms with E-state index in [1.165, 1.54) is 16.5 Å². The van der Waals surface area contributed by atoms with Crippen molar-refractivity contribution in [3.8, 4) is 0 Å². The summed E-state index contributed by atoms with van der Waals surface area (Å²) in [4.78, 5) is 0. The summed E-state index contributed by atoms with van der Waals surface area (Å²) >= 11 is 0. The Bertz CT molecular complexity index is 463. The molecular formula is C14H19N. The van der Waals surface area contributed by atoms with Crippen molar-refractivity contribution in [2.75, 3.05) is 0 Å². The first-order chi connectivity index (χ1) is 7.11. The third kappa shape index (κ3) is 1.67. The van der Waals surface area contributed by atoms with Crippen LogP contribution in [0.15, 0.2) is 30.5 Å². The molecule has 0 saturated heterocycles. The van der Waals surface area contributed by atoms with Crippen molar-refractivity contribution in [1.29, 1.82) is 0 Å². The Morgan fingerprint density at radius 2 is 1.73 bits per heavy atom. The molecule has 0 unspecified atom stereocenters. The number of hydrogen-bond acceptors (Lipinski definition) is 0. The van der Waals surface area contributed by atoms with Gasteiger partial charge in [-0.15, -0.1) is 0 Å². The molecule has 80 valence electrons. The Hall–Kier alpha value is -1.24. The predicted molar refractivity (Wildman–Crippen MR) is 66.4 cm³/mol. The number of benzene rings is 1. The van der Waals surface area contributed by atoms with E-state index in [9.17, 15) is 0 Å². The summed E-state index contributed by atoms with van der Waals surface area (Å²) in [5.41, 5.74) is 2.86. The topological polar surface area (TPSA) is 4.93 Å². The monoisotopic (exact) mass is 201 g/mol. The van der Waals surface area contributed by atoms with Crippen LogP contribution in [0.1, 0.15) is 45.2 Å². The molecule has 0 fully saturated rings. The van der Waals surface area contributed by atoms with Gasteiger partial charge >= 0.3 is 0 Å². The number of fused-ring (bicyclic) bond motifs is 1. The molecule has 0 amide bonds. The molecule has 1 aromatic carbocycles. The quantitative estimate of drug-likeness (QED) is 0.681. The first-order valence-corrected chi connectivity index (χ1v) is 5.70. The first kappa shape index (κ1) is 10.3. The molecular weight excluding hydrogens is 182 g/mol. The maximum Gasteiger partial charge on any atom is 0.0517 e. The zero-order valence-corrected chi connectivity index (χ0v) is 9.99. The van der Waals surface area contributed by atoms with Crippen molar-refractivity contribution < 1.29 is 0 Å². The number of para-hydroxylation sites is 1. The van der Waals surface area contributed by atoms with E-state index in [0.29, 0.717) is 12.0 Å². The summed E-state index contributed by atoms with van der Waals surface area (Å²) in [6, 6.07) is 9.33. The van der Waals surface area contributed by atoms with Crippen LogP contribution >= 0.6 is 0 Å². The van der Waals surface area contributed by atoms with E-state index in [-0.39, 0.29) is 0 Å². The van der Waals surface area contributed by atoms with Gasteiger partial charge in [0.25, 0.3) is 0 Å². The van der Waals surface area contributed by atoms with Crippen molar-refractivity contribution in [1.82, 2.24) is 4.57 Å². The molecule has 0 atom stereocenters. The normalized spacial score (nSPS) is 11.9. The summed E-state index contributed by atoms with van der Waals surface area (Å²) in [6.45, 7) is 8.98. The SMILES string of the molecule is CC(C)c1cccc2ccn(C(C)C)c12. The molecule has 1 aromatic heterocycles. The zero-order chi connectivity index (χ0) is 11.0. The van der Waals surface area contributed by atoms with Crippen molar-refractivity contribution in [3.05, 3.63) is 36.0 Å². The Morgan fingerprint density at radius 3 is 2.33 bits per heavy atom. The number of nitrogens with zero attached hydrogens (tertiary/aromatic N) is 1. The molecule has 1 heteroatoms. The molecule has 0 aliphatic heterocycles. The van der Waals surface area contributed by atoms with Gasteiger partial charge in [0.15, 0.2) is 0 Å². The van der Waals surface area contributed by atoms with Gasteiger partial charge in [-0.05, 0) is 36.8 Å². The molecule has 0 N–H and O–H groups in total. The Labute approximate surface area is 91.7 Å². The fraction of sp³-hybridized carbons (Fsp3) is 0.429. The van der Waals surface area contributed by atoms with E-state index in [1.54, 1.807) is 0 Å². The van der Waals surface area contributed by atoms with Crippen LogP contribution < -0.4 is 0 Å². The average Bonchev–Trinajstić information content (AvgIpc) is 2.60. The average molecular weight is 201 g/mol. The predicted octanol–water partition coefficient (Wildman–Crippen LogP) is 4.35. The molecule has 0 aliphatic rings. The van der Waals surface area contributed by atoms with Crippen LogP contribution in [-0.2, 0) is 0 Å². The van der Waals surface area contributed by atoms with Gasteiger partial charge in [0.1, 0.15) is 0 Å². The molecule has 2 rings (SSSR count). The standard InChI is InChI=1S/C14H19N/c1-10(2)13-7-5-6-12-8-9-15(11(3)4)14(12)13/h5-11H,1-4H3. The molecule has 2 aromatic rings. The maximum absolute atomic E-state index is 2.37. The van der Waals surface area contributed by atoms with E-state index in [1.807, 2.05) is 0 Å². The lowest BCUT2D eigenvalue weighted by atomic mass is 10.0. The van der Waals surface area contributed by atoms with Crippen LogP contribution in [0, 0.1) is 0 Å². The van der Waals surface area contributed by atoms with Crippen molar-refractivity contribution >= 4 is 10.9 Å². The van der Waals surface area contributed by atoms with Crippen LogP contribution in [0.4, 0.5) is 0 Å². The van der Waals surface area contributed by atoms with E-state index in [2.05, 4.69) is 62.7 Å². The lowest BCUT2D eigenvalue weighted by Gasteiger charge is -2.14. The van der Waals surface area contributed by atoms with E-state index in [0.717, 1.165) is 0 Å². The Kier molecular flexibility index (Phi) is 2.56. The van der Waals surface area contributed by atoms with Crippen LogP contribution in [-0.4, -0.2) is 4.57 Å². The van der Waals surface area contributed by atoms with Gasteiger partial charge in [-0.1, -0.05) is 32.0 Å². The van der Waals surface area contributed by atoms with E-state index < -0.39 is 0 Å². The fourth-order valence-electron chi connectivity index (χ4n) is 2.14. The zero-order valence-electron chi connectivity index (χ0n) is 9.99. The largest absolute Gasteiger partial charge is 0.345 e. The summed E-state index contributed by atoms with van der Waals surface area (Å²) < 4.78 is 2.37. The third-order valence-corrected chi connectivity index (χ3v) is 2.95. The van der Waals surface area contributed by atoms with Crippen molar-refractivity contribution in [2.24, 2.45) is 0 Å². The molecule has 15 heavy (non-hydrogen) atoms. The summed E-state index contributed by atoms with van der Waals surface area (Å²) in [5, 5.41) is 1.36. The molecule has 0 bridgehead atoms. The maximum atomic E-state index is 2.37. The lowest BCUT2D eigenvalue weighted by molar-refractivity contribution is 0.619. The number of hydrogen-bond donors (Lipinski definition) is 0.